The summed E-state index contributed by atoms with van der Waals surface area (Å²) in [4.78, 5) is 0. The monoisotopic (exact) mass is 273 g/mol. The second kappa shape index (κ2) is 6.62. The highest BCUT2D eigenvalue weighted by molar-refractivity contribution is 5.41. The van der Waals surface area contributed by atoms with Gasteiger partial charge in [0.1, 0.15) is 5.75 Å². The lowest BCUT2D eigenvalue weighted by Crippen LogP contribution is -2.30. The molecule has 1 atom stereocenters. The minimum Gasteiger partial charge on any atom is -0.493 e. The van der Waals surface area contributed by atoms with Crippen molar-refractivity contribution in [3.05, 3.63) is 29.3 Å². The van der Waals surface area contributed by atoms with Crippen molar-refractivity contribution in [3.8, 4) is 5.75 Å². The Balaban J connectivity index is 1.80. The third-order valence-electron chi connectivity index (χ3n) is 4.81. The number of hydrogen-bond acceptors (Lipinski definition) is 2. The van der Waals surface area contributed by atoms with Crippen molar-refractivity contribution < 1.29 is 4.74 Å². The van der Waals surface area contributed by atoms with Crippen LogP contribution in [0.15, 0.2) is 18.2 Å². The molecule has 0 spiro atoms. The highest BCUT2D eigenvalue weighted by Gasteiger charge is 2.25. The molecule has 110 valence electrons. The molecule has 2 aliphatic rings. The molecule has 0 aromatic heterocycles. The lowest BCUT2D eigenvalue weighted by molar-refractivity contribution is 0.272. The van der Waals surface area contributed by atoms with Gasteiger partial charge in [-0.2, -0.15) is 0 Å². The molecule has 1 N–H and O–H groups in total. The van der Waals surface area contributed by atoms with Crippen LogP contribution in [0.3, 0.4) is 0 Å². The maximum Gasteiger partial charge on any atom is 0.122 e. The van der Waals surface area contributed by atoms with Gasteiger partial charge in [0.15, 0.2) is 0 Å². The maximum atomic E-state index is 5.64. The van der Waals surface area contributed by atoms with Crippen LogP contribution in [0.1, 0.15) is 62.6 Å². The second-order valence-corrected chi connectivity index (χ2v) is 6.30. The normalized spacial score (nSPS) is 20.4. The molecule has 1 aromatic carbocycles. The lowest BCUT2D eigenvalue weighted by atomic mass is 9.80. The van der Waals surface area contributed by atoms with Crippen molar-refractivity contribution >= 4 is 0 Å². The van der Waals surface area contributed by atoms with Crippen molar-refractivity contribution in [1.29, 1.82) is 0 Å². The first-order chi connectivity index (χ1) is 9.88. The van der Waals surface area contributed by atoms with Crippen molar-refractivity contribution in [2.24, 2.45) is 5.92 Å². The fourth-order valence-corrected chi connectivity index (χ4v) is 3.72. The molecule has 3 rings (SSSR count). The Morgan fingerprint density at radius 3 is 2.90 bits per heavy atom. The van der Waals surface area contributed by atoms with Crippen molar-refractivity contribution in [3.63, 3.8) is 0 Å². The van der Waals surface area contributed by atoms with E-state index in [9.17, 15) is 0 Å². The minimum absolute atomic E-state index is 0.543. The minimum atomic E-state index is 0.543. The molecule has 1 aliphatic carbocycles. The molecule has 1 heterocycles. The molecule has 1 saturated carbocycles. The molecular formula is C18H27NO. The average Bonchev–Trinajstić information content (AvgIpc) is 2.96. The summed E-state index contributed by atoms with van der Waals surface area (Å²) in [6, 6.07) is 7.40. The molecule has 0 radical (unpaired) electrons. The van der Waals surface area contributed by atoms with Crippen LogP contribution in [-0.2, 0) is 6.42 Å². The molecular weight excluding hydrogens is 246 g/mol. The maximum absolute atomic E-state index is 5.64. The molecule has 1 aromatic rings. The predicted molar refractivity (Wildman–Crippen MR) is 83.3 cm³/mol. The molecule has 1 unspecified atom stereocenters. The molecule has 1 fully saturated rings. The Bertz CT molecular complexity index is 437. The van der Waals surface area contributed by atoms with Gasteiger partial charge in [-0.15, -0.1) is 0 Å². The van der Waals surface area contributed by atoms with E-state index in [2.05, 4.69) is 30.4 Å². The number of ether oxygens (including phenoxy) is 1. The molecule has 20 heavy (non-hydrogen) atoms. The largest absolute Gasteiger partial charge is 0.493 e. The summed E-state index contributed by atoms with van der Waals surface area (Å²) in [7, 11) is 0. The Morgan fingerprint density at radius 2 is 2.10 bits per heavy atom. The van der Waals surface area contributed by atoms with Gasteiger partial charge in [-0.25, -0.2) is 0 Å². The molecule has 0 bridgehead atoms. The molecule has 2 heteroatoms. The summed E-state index contributed by atoms with van der Waals surface area (Å²) in [6.07, 6.45) is 9.29. The number of fused-ring (bicyclic) bond motifs is 1. The standard InChI is InChI=1S/C18H27NO/c1-2-11-19-18(14-6-4-3-5-7-14)16-8-9-17-15(13-16)10-12-20-17/h8-9,13-14,18-19H,2-7,10-12H2,1H3. The quantitative estimate of drug-likeness (QED) is 0.866. The third-order valence-corrected chi connectivity index (χ3v) is 4.81. The van der Waals surface area contributed by atoms with Crippen LogP contribution >= 0.6 is 0 Å². The van der Waals surface area contributed by atoms with E-state index in [1.807, 2.05) is 0 Å². The fraction of sp³-hybridized carbons (Fsp3) is 0.667. The number of rotatable bonds is 5. The van der Waals surface area contributed by atoms with Gasteiger partial charge >= 0.3 is 0 Å². The Labute approximate surface area is 122 Å². The van der Waals surface area contributed by atoms with E-state index in [4.69, 9.17) is 4.74 Å². The van der Waals surface area contributed by atoms with Crippen LogP contribution in [0, 0.1) is 5.92 Å². The molecule has 1 aliphatic heterocycles. The van der Waals surface area contributed by atoms with Gasteiger partial charge in [-0.05, 0) is 48.9 Å². The zero-order valence-electron chi connectivity index (χ0n) is 12.7. The Hall–Kier alpha value is -1.02. The van der Waals surface area contributed by atoms with Crippen molar-refractivity contribution in [2.75, 3.05) is 13.2 Å². The molecule has 0 saturated heterocycles. The number of nitrogens with one attached hydrogen (secondary N) is 1. The van der Waals surface area contributed by atoms with Gasteiger partial charge in [-0.1, -0.05) is 38.3 Å². The smallest absolute Gasteiger partial charge is 0.122 e. The van der Waals surface area contributed by atoms with Gasteiger partial charge < -0.3 is 10.1 Å². The zero-order chi connectivity index (χ0) is 13.8. The number of benzene rings is 1. The highest BCUT2D eigenvalue weighted by Crippen LogP contribution is 2.36. The lowest BCUT2D eigenvalue weighted by Gasteiger charge is -2.31. The van der Waals surface area contributed by atoms with Crippen LogP contribution in [0.4, 0.5) is 0 Å². The van der Waals surface area contributed by atoms with E-state index in [1.165, 1.54) is 49.7 Å². The van der Waals surface area contributed by atoms with Crippen LogP contribution in [0.5, 0.6) is 5.75 Å². The topological polar surface area (TPSA) is 21.3 Å². The summed E-state index contributed by atoms with van der Waals surface area (Å²) in [5.41, 5.74) is 2.89. The van der Waals surface area contributed by atoms with Gasteiger partial charge in [0.05, 0.1) is 6.61 Å². The number of hydrogen-bond donors (Lipinski definition) is 1. The van der Waals surface area contributed by atoms with E-state index in [0.717, 1.165) is 31.2 Å². The van der Waals surface area contributed by atoms with Crippen LogP contribution in [0.2, 0.25) is 0 Å². The van der Waals surface area contributed by atoms with Crippen molar-refractivity contribution in [2.45, 2.75) is 57.9 Å². The van der Waals surface area contributed by atoms with E-state index in [0.29, 0.717) is 6.04 Å². The first-order valence-electron chi connectivity index (χ1n) is 8.37. The van der Waals surface area contributed by atoms with Gasteiger partial charge in [0, 0.05) is 12.5 Å². The van der Waals surface area contributed by atoms with Crippen molar-refractivity contribution in [1.82, 2.24) is 5.32 Å². The van der Waals surface area contributed by atoms with Gasteiger partial charge in [0.2, 0.25) is 0 Å². The van der Waals surface area contributed by atoms with E-state index < -0.39 is 0 Å². The first-order valence-corrected chi connectivity index (χ1v) is 8.37. The first kappa shape index (κ1) is 13.9. The molecule has 0 amide bonds. The predicted octanol–water partition coefficient (Wildman–Crippen LogP) is 4.24. The average molecular weight is 273 g/mol. The third kappa shape index (κ3) is 3.01. The SMILES string of the molecule is CCCNC(c1ccc2c(c1)CCO2)C1CCCCC1. The van der Waals surface area contributed by atoms with E-state index in [1.54, 1.807) is 0 Å². The van der Waals surface area contributed by atoms with E-state index in [-0.39, 0.29) is 0 Å². The summed E-state index contributed by atoms with van der Waals surface area (Å²) in [6.45, 7) is 4.23. The van der Waals surface area contributed by atoms with Crippen LogP contribution in [-0.4, -0.2) is 13.2 Å². The van der Waals surface area contributed by atoms with E-state index >= 15 is 0 Å². The Morgan fingerprint density at radius 1 is 1.25 bits per heavy atom. The van der Waals surface area contributed by atoms with Crippen LogP contribution < -0.4 is 10.1 Å². The van der Waals surface area contributed by atoms with Gasteiger partial charge in [0.25, 0.3) is 0 Å². The summed E-state index contributed by atoms with van der Waals surface area (Å²) < 4.78 is 5.64. The van der Waals surface area contributed by atoms with Crippen LogP contribution in [0.25, 0.3) is 0 Å². The summed E-state index contributed by atoms with van der Waals surface area (Å²) >= 11 is 0. The molecule has 2 nitrogen and oxygen atoms in total. The Kier molecular flexibility index (Phi) is 4.62. The second-order valence-electron chi connectivity index (χ2n) is 6.30. The fourth-order valence-electron chi connectivity index (χ4n) is 3.72. The highest BCUT2D eigenvalue weighted by atomic mass is 16.5. The summed E-state index contributed by atoms with van der Waals surface area (Å²) in [5.74, 6) is 1.92. The van der Waals surface area contributed by atoms with Gasteiger partial charge in [-0.3, -0.25) is 0 Å². The zero-order valence-corrected chi connectivity index (χ0v) is 12.7. The summed E-state index contributed by atoms with van der Waals surface area (Å²) in [5, 5.41) is 3.81.